The highest BCUT2D eigenvalue weighted by molar-refractivity contribution is 6.30. The first-order valence-electron chi connectivity index (χ1n) is 6.14. The van der Waals surface area contributed by atoms with Crippen LogP contribution in [0.5, 0.6) is 0 Å². The van der Waals surface area contributed by atoms with E-state index in [0.29, 0.717) is 10.8 Å². The van der Waals surface area contributed by atoms with E-state index >= 15 is 0 Å². The number of rotatable bonds is 4. The predicted octanol–water partition coefficient (Wildman–Crippen LogP) is 2.76. The molecule has 0 radical (unpaired) electrons. The van der Waals surface area contributed by atoms with Gasteiger partial charge in [0.2, 0.25) is 5.82 Å². The van der Waals surface area contributed by atoms with E-state index in [1.54, 1.807) is 36.4 Å². The molecule has 106 valence electrons. The zero-order valence-corrected chi connectivity index (χ0v) is 11.5. The van der Waals surface area contributed by atoms with Gasteiger partial charge in [-0.25, -0.2) is 4.39 Å². The number of tetrazole rings is 1. The van der Waals surface area contributed by atoms with Gasteiger partial charge >= 0.3 is 0 Å². The van der Waals surface area contributed by atoms with Crippen LogP contribution in [0.15, 0.2) is 48.5 Å². The largest absolute Gasteiger partial charge is 0.389 e. The van der Waals surface area contributed by atoms with Crippen LogP contribution < -0.4 is 4.84 Å². The summed E-state index contributed by atoms with van der Waals surface area (Å²) in [5, 5.41) is 11.9. The molecule has 0 saturated heterocycles. The van der Waals surface area contributed by atoms with Crippen LogP contribution in [0.25, 0.3) is 11.4 Å². The molecular formula is C14H10ClFN4O. The molecule has 0 amide bonds. The molecule has 0 N–H and O–H groups in total. The normalized spacial score (nSPS) is 10.6. The first-order valence-corrected chi connectivity index (χ1v) is 6.52. The highest BCUT2D eigenvalue weighted by atomic mass is 35.5. The third kappa shape index (κ3) is 3.17. The number of nitrogens with zero attached hydrogens (tertiary/aromatic N) is 4. The lowest BCUT2D eigenvalue weighted by Crippen LogP contribution is -2.14. The quantitative estimate of drug-likeness (QED) is 0.744. The van der Waals surface area contributed by atoms with Crippen molar-refractivity contribution in [3.05, 3.63) is 64.9 Å². The van der Waals surface area contributed by atoms with Crippen LogP contribution in [-0.4, -0.2) is 20.4 Å². The van der Waals surface area contributed by atoms with Crippen LogP contribution in [-0.2, 0) is 6.61 Å². The van der Waals surface area contributed by atoms with Crippen molar-refractivity contribution >= 4 is 11.6 Å². The van der Waals surface area contributed by atoms with Gasteiger partial charge in [0.15, 0.2) is 0 Å². The third-order valence-corrected chi connectivity index (χ3v) is 3.06. The van der Waals surface area contributed by atoms with Crippen molar-refractivity contribution < 1.29 is 9.23 Å². The number of aromatic nitrogens is 4. The van der Waals surface area contributed by atoms with Crippen LogP contribution in [0.2, 0.25) is 5.02 Å². The van der Waals surface area contributed by atoms with Gasteiger partial charge in [0.1, 0.15) is 12.4 Å². The summed E-state index contributed by atoms with van der Waals surface area (Å²) in [7, 11) is 0. The van der Waals surface area contributed by atoms with E-state index in [1.807, 2.05) is 0 Å². The van der Waals surface area contributed by atoms with Crippen molar-refractivity contribution in [2.24, 2.45) is 0 Å². The average molecular weight is 305 g/mol. The zero-order chi connectivity index (χ0) is 14.7. The van der Waals surface area contributed by atoms with E-state index in [-0.39, 0.29) is 12.4 Å². The molecule has 3 rings (SSSR count). The van der Waals surface area contributed by atoms with Gasteiger partial charge in [-0.3, -0.25) is 0 Å². The Hall–Kier alpha value is -2.47. The highest BCUT2D eigenvalue weighted by Crippen LogP contribution is 2.18. The summed E-state index contributed by atoms with van der Waals surface area (Å²) in [6, 6.07) is 13.1. The summed E-state index contributed by atoms with van der Waals surface area (Å²) in [5.74, 6) is 0.178. The van der Waals surface area contributed by atoms with Crippen molar-refractivity contribution in [2.45, 2.75) is 6.61 Å². The Balaban J connectivity index is 1.76. The van der Waals surface area contributed by atoms with E-state index in [0.717, 1.165) is 11.1 Å². The van der Waals surface area contributed by atoms with E-state index < -0.39 is 0 Å². The van der Waals surface area contributed by atoms with Gasteiger partial charge < -0.3 is 4.84 Å². The molecule has 7 heteroatoms. The van der Waals surface area contributed by atoms with E-state index in [4.69, 9.17) is 16.4 Å². The summed E-state index contributed by atoms with van der Waals surface area (Å²) in [4.78, 5) is 6.74. The van der Waals surface area contributed by atoms with Crippen LogP contribution in [0.3, 0.4) is 0 Å². The minimum atomic E-state index is -0.289. The van der Waals surface area contributed by atoms with Gasteiger partial charge in [0, 0.05) is 10.6 Å². The monoisotopic (exact) mass is 304 g/mol. The van der Waals surface area contributed by atoms with Gasteiger partial charge in [-0.2, -0.15) is 0 Å². The van der Waals surface area contributed by atoms with Crippen molar-refractivity contribution in [3.8, 4) is 11.4 Å². The fraction of sp³-hybridized carbons (Fsp3) is 0.0714. The molecule has 0 aliphatic rings. The number of halogens is 2. The SMILES string of the molecule is Fc1ccc(COn2nnnc2-c2ccc(Cl)cc2)cc1. The highest BCUT2D eigenvalue weighted by Gasteiger charge is 2.10. The molecule has 0 aliphatic heterocycles. The molecule has 2 aromatic carbocycles. The molecule has 3 aromatic rings. The van der Waals surface area contributed by atoms with Crippen molar-refractivity contribution in [1.82, 2.24) is 20.4 Å². The van der Waals surface area contributed by atoms with Crippen LogP contribution in [0.1, 0.15) is 5.56 Å². The molecule has 0 fully saturated rings. The number of hydrogen-bond donors (Lipinski definition) is 0. The van der Waals surface area contributed by atoms with E-state index in [2.05, 4.69) is 15.5 Å². The third-order valence-electron chi connectivity index (χ3n) is 2.81. The maximum Gasteiger partial charge on any atom is 0.222 e. The molecule has 1 heterocycles. The Morgan fingerprint density at radius 1 is 1.05 bits per heavy atom. The Labute approximate surface area is 124 Å². The van der Waals surface area contributed by atoms with Crippen LogP contribution >= 0.6 is 11.6 Å². The first-order chi connectivity index (χ1) is 10.2. The molecule has 21 heavy (non-hydrogen) atoms. The second-order valence-corrected chi connectivity index (χ2v) is 4.72. The second kappa shape index (κ2) is 5.88. The minimum Gasteiger partial charge on any atom is -0.389 e. The fourth-order valence-corrected chi connectivity index (χ4v) is 1.88. The van der Waals surface area contributed by atoms with Gasteiger partial charge in [-0.1, -0.05) is 28.6 Å². The lowest BCUT2D eigenvalue weighted by atomic mass is 10.2. The minimum absolute atomic E-state index is 0.228. The molecular weight excluding hydrogens is 295 g/mol. The van der Waals surface area contributed by atoms with Crippen molar-refractivity contribution in [1.29, 1.82) is 0 Å². The van der Waals surface area contributed by atoms with Gasteiger partial charge in [-0.15, -0.1) is 5.10 Å². The zero-order valence-electron chi connectivity index (χ0n) is 10.8. The van der Waals surface area contributed by atoms with Crippen LogP contribution in [0, 0.1) is 5.82 Å². The first kappa shape index (κ1) is 13.5. The lowest BCUT2D eigenvalue weighted by molar-refractivity contribution is 0.0694. The van der Waals surface area contributed by atoms with E-state index in [1.165, 1.54) is 17.0 Å². The summed E-state index contributed by atoms with van der Waals surface area (Å²) in [6.45, 7) is 0.228. The summed E-state index contributed by atoms with van der Waals surface area (Å²) >= 11 is 5.85. The topological polar surface area (TPSA) is 52.8 Å². The van der Waals surface area contributed by atoms with Crippen molar-refractivity contribution in [3.63, 3.8) is 0 Å². The molecule has 1 aromatic heterocycles. The molecule has 0 spiro atoms. The number of hydrogen-bond acceptors (Lipinski definition) is 4. The van der Waals surface area contributed by atoms with E-state index in [9.17, 15) is 4.39 Å². The summed E-state index contributed by atoms with van der Waals surface area (Å²) < 4.78 is 12.8. The van der Waals surface area contributed by atoms with Crippen molar-refractivity contribution in [2.75, 3.05) is 0 Å². The summed E-state index contributed by atoms with van der Waals surface area (Å²) in [6.07, 6.45) is 0. The Morgan fingerprint density at radius 3 is 2.48 bits per heavy atom. The standard InChI is InChI=1S/C14H10ClFN4O/c15-12-5-3-11(4-6-12)14-17-18-19-20(14)21-9-10-1-7-13(16)8-2-10/h1-8H,9H2. The Bertz CT molecular complexity index is 727. The lowest BCUT2D eigenvalue weighted by Gasteiger charge is -2.06. The molecule has 0 bridgehead atoms. The second-order valence-electron chi connectivity index (χ2n) is 4.28. The van der Waals surface area contributed by atoms with Gasteiger partial charge in [0.05, 0.1) is 0 Å². The fourth-order valence-electron chi connectivity index (χ4n) is 1.75. The molecule has 0 aliphatic carbocycles. The predicted molar refractivity (Wildman–Crippen MR) is 74.9 cm³/mol. The van der Waals surface area contributed by atoms with Gasteiger partial charge in [-0.05, 0) is 52.4 Å². The Kier molecular flexibility index (Phi) is 3.79. The molecule has 0 unspecified atom stereocenters. The smallest absolute Gasteiger partial charge is 0.222 e. The average Bonchev–Trinajstić information content (AvgIpc) is 2.96. The maximum atomic E-state index is 12.8. The Morgan fingerprint density at radius 2 is 1.76 bits per heavy atom. The maximum absolute atomic E-state index is 12.8. The number of benzene rings is 2. The molecule has 0 atom stereocenters. The van der Waals surface area contributed by atoms with Gasteiger partial charge in [0.25, 0.3) is 0 Å². The van der Waals surface area contributed by atoms with Crippen LogP contribution in [0.4, 0.5) is 4.39 Å². The molecule has 0 saturated carbocycles. The molecule has 5 nitrogen and oxygen atoms in total. The summed E-state index contributed by atoms with van der Waals surface area (Å²) in [5.41, 5.74) is 1.59.